The SMILES string of the molecule is C[C@@H](CN)CN1CCC[C@@H](NC(=O)Nc2ncc(-c3ccc(CNCCCN=C(N)N)cc3)c(=O)[nH]2)C1. The van der Waals surface area contributed by atoms with Gasteiger partial charge >= 0.3 is 6.03 Å². The molecule has 0 radical (unpaired) electrons. The number of H-pyrrole nitrogens is 1. The van der Waals surface area contributed by atoms with E-state index in [2.05, 4.69) is 42.7 Å². The number of hydrogen-bond donors (Lipinski definition) is 7. The highest BCUT2D eigenvalue weighted by molar-refractivity contribution is 5.87. The molecule has 1 aliphatic heterocycles. The van der Waals surface area contributed by atoms with Gasteiger partial charge in [-0.2, -0.15) is 0 Å². The Balaban J connectivity index is 1.48. The minimum atomic E-state index is -0.384. The molecule has 2 heterocycles. The van der Waals surface area contributed by atoms with Crippen molar-refractivity contribution in [1.82, 2.24) is 25.5 Å². The molecule has 0 bridgehead atoms. The van der Waals surface area contributed by atoms with Crippen LogP contribution >= 0.6 is 0 Å². The van der Waals surface area contributed by atoms with Gasteiger partial charge in [0.15, 0.2) is 5.96 Å². The van der Waals surface area contributed by atoms with Crippen LogP contribution in [0.1, 0.15) is 31.7 Å². The minimum absolute atomic E-state index is 0.0379. The molecule has 0 saturated carbocycles. The first kappa shape index (κ1) is 28.1. The normalized spacial score (nSPS) is 16.6. The van der Waals surface area contributed by atoms with Crippen LogP contribution in [-0.2, 0) is 6.54 Å². The molecule has 1 aliphatic rings. The third-order valence-corrected chi connectivity index (χ3v) is 6.24. The van der Waals surface area contributed by atoms with Crippen LogP contribution in [0.2, 0.25) is 0 Å². The minimum Gasteiger partial charge on any atom is -0.370 e. The number of anilines is 1. The number of guanidine groups is 1. The lowest BCUT2D eigenvalue weighted by atomic mass is 10.0. The maximum atomic E-state index is 12.7. The Hall–Kier alpha value is -3.48. The van der Waals surface area contributed by atoms with Crippen LogP contribution in [0.15, 0.2) is 40.2 Å². The zero-order valence-electron chi connectivity index (χ0n) is 21.5. The summed E-state index contributed by atoms with van der Waals surface area (Å²) in [5.74, 6) is 0.630. The van der Waals surface area contributed by atoms with E-state index < -0.39 is 0 Å². The second kappa shape index (κ2) is 14.3. The van der Waals surface area contributed by atoms with E-state index in [0.717, 1.165) is 56.6 Å². The molecule has 0 aliphatic carbocycles. The van der Waals surface area contributed by atoms with Crippen LogP contribution in [0.5, 0.6) is 0 Å². The Kier molecular flexibility index (Phi) is 10.9. The molecular formula is C25H40N10O2. The zero-order valence-corrected chi connectivity index (χ0v) is 21.5. The van der Waals surface area contributed by atoms with Gasteiger partial charge in [-0.15, -0.1) is 0 Å². The topological polar surface area (TPSA) is 193 Å². The number of likely N-dealkylation sites (tertiary alicyclic amines) is 1. The molecule has 2 amide bonds. The highest BCUT2D eigenvalue weighted by Crippen LogP contribution is 2.16. The predicted molar refractivity (Wildman–Crippen MR) is 147 cm³/mol. The van der Waals surface area contributed by atoms with Crippen molar-refractivity contribution in [3.05, 3.63) is 46.4 Å². The number of benzene rings is 1. The molecule has 12 nitrogen and oxygen atoms in total. The first-order valence-corrected chi connectivity index (χ1v) is 12.8. The average Bonchev–Trinajstić information content (AvgIpc) is 2.86. The Morgan fingerprint density at radius 1 is 1.30 bits per heavy atom. The number of nitrogens with zero attached hydrogens (tertiary/aromatic N) is 3. The summed E-state index contributed by atoms with van der Waals surface area (Å²) in [6, 6.07) is 7.32. The van der Waals surface area contributed by atoms with E-state index >= 15 is 0 Å². The quantitative estimate of drug-likeness (QED) is 0.120. The Bertz CT molecular complexity index is 1080. The van der Waals surface area contributed by atoms with Gasteiger partial charge in [-0.25, -0.2) is 9.78 Å². The van der Waals surface area contributed by atoms with Gasteiger partial charge in [0, 0.05) is 38.4 Å². The molecule has 12 heteroatoms. The van der Waals surface area contributed by atoms with Crippen molar-refractivity contribution in [2.75, 3.05) is 44.6 Å². The lowest BCUT2D eigenvalue weighted by molar-refractivity contribution is 0.172. The lowest BCUT2D eigenvalue weighted by Gasteiger charge is -2.34. The number of carbonyl (C=O) groups excluding carboxylic acids is 1. The van der Waals surface area contributed by atoms with Gasteiger partial charge in [0.05, 0.1) is 5.56 Å². The third-order valence-electron chi connectivity index (χ3n) is 6.24. The monoisotopic (exact) mass is 512 g/mol. The first-order chi connectivity index (χ1) is 17.8. The van der Waals surface area contributed by atoms with Crippen molar-refractivity contribution in [1.29, 1.82) is 0 Å². The Morgan fingerprint density at radius 3 is 2.78 bits per heavy atom. The highest BCUT2D eigenvalue weighted by Gasteiger charge is 2.22. The summed E-state index contributed by atoms with van der Waals surface area (Å²) in [5, 5.41) is 8.96. The van der Waals surface area contributed by atoms with Crippen molar-refractivity contribution in [2.24, 2.45) is 28.1 Å². The molecular weight excluding hydrogens is 472 g/mol. The number of nitrogens with one attached hydrogen (secondary N) is 4. The number of piperidine rings is 1. The van der Waals surface area contributed by atoms with Crippen LogP contribution in [0, 0.1) is 5.92 Å². The van der Waals surface area contributed by atoms with Gasteiger partial charge in [0.25, 0.3) is 5.56 Å². The average molecular weight is 513 g/mol. The van der Waals surface area contributed by atoms with Crippen LogP contribution < -0.4 is 38.7 Å². The fraction of sp³-hybridized carbons (Fsp3) is 0.520. The molecule has 202 valence electrons. The summed E-state index contributed by atoms with van der Waals surface area (Å²) in [5.41, 5.74) is 18.3. The smallest absolute Gasteiger partial charge is 0.321 e. The molecule has 1 fully saturated rings. The number of aliphatic imine (C=N–C) groups is 1. The van der Waals surface area contributed by atoms with E-state index in [1.807, 2.05) is 24.3 Å². The van der Waals surface area contributed by atoms with E-state index in [1.54, 1.807) is 0 Å². The van der Waals surface area contributed by atoms with Crippen molar-refractivity contribution >= 4 is 17.9 Å². The number of rotatable bonds is 12. The summed E-state index contributed by atoms with van der Waals surface area (Å²) >= 11 is 0. The second-order valence-electron chi connectivity index (χ2n) is 9.55. The maximum Gasteiger partial charge on any atom is 0.321 e. The van der Waals surface area contributed by atoms with E-state index in [-0.39, 0.29) is 29.5 Å². The Morgan fingerprint density at radius 2 is 2.08 bits per heavy atom. The van der Waals surface area contributed by atoms with E-state index in [1.165, 1.54) is 6.20 Å². The molecule has 1 aromatic carbocycles. The van der Waals surface area contributed by atoms with Crippen LogP contribution in [0.25, 0.3) is 11.1 Å². The third kappa shape index (κ3) is 9.48. The van der Waals surface area contributed by atoms with Crippen molar-refractivity contribution in [3.8, 4) is 11.1 Å². The Labute approximate surface area is 217 Å². The van der Waals surface area contributed by atoms with Crippen LogP contribution in [0.4, 0.5) is 10.7 Å². The lowest BCUT2D eigenvalue weighted by Crippen LogP contribution is -2.50. The zero-order chi connectivity index (χ0) is 26.6. The van der Waals surface area contributed by atoms with E-state index in [4.69, 9.17) is 17.2 Å². The molecule has 3 rings (SSSR count). The van der Waals surface area contributed by atoms with Crippen molar-refractivity contribution in [2.45, 2.75) is 38.8 Å². The summed E-state index contributed by atoms with van der Waals surface area (Å²) in [6.45, 7) is 7.56. The fourth-order valence-electron chi connectivity index (χ4n) is 4.29. The molecule has 10 N–H and O–H groups in total. The van der Waals surface area contributed by atoms with Gasteiger partial charge in [-0.05, 0) is 55.9 Å². The number of urea groups is 1. The molecule has 37 heavy (non-hydrogen) atoms. The van der Waals surface area contributed by atoms with Gasteiger partial charge in [0.2, 0.25) is 5.95 Å². The number of amides is 2. The summed E-state index contributed by atoms with van der Waals surface area (Å²) in [6.07, 6.45) is 4.23. The largest absolute Gasteiger partial charge is 0.370 e. The second-order valence-corrected chi connectivity index (χ2v) is 9.55. The number of carbonyl (C=O) groups is 1. The van der Waals surface area contributed by atoms with Crippen molar-refractivity contribution in [3.63, 3.8) is 0 Å². The molecule has 1 saturated heterocycles. The van der Waals surface area contributed by atoms with Gasteiger partial charge < -0.3 is 32.7 Å². The predicted octanol–water partition coefficient (Wildman–Crippen LogP) is 0.371. The first-order valence-electron chi connectivity index (χ1n) is 12.8. The number of hydrogen-bond acceptors (Lipinski definition) is 7. The summed E-state index contributed by atoms with van der Waals surface area (Å²) in [7, 11) is 0. The van der Waals surface area contributed by atoms with Crippen molar-refractivity contribution < 1.29 is 4.79 Å². The maximum absolute atomic E-state index is 12.7. The summed E-state index contributed by atoms with van der Waals surface area (Å²) in [4.78, 5) is 38.3. The van der Waals surface area contributed by atoms with Gasteiger partial charge in [-0.1, -0.05) is 31.2 Å². The standard InChI is InChI=1S/C25H40N10O2/c1-17(12-26)15-35-11-2-4-20(16-35)32-25(37)34-24-31-14-21(22(36)33-24)19-7-5-18(6-8-19)13-29-9-3-10-30-23(27)28/h5-8,14,17,20,29H,2-4,9-13,15-16,26H2,1H3,(H4,27,28,30)(H3,31,32,33,34,36,37)/t17-,20+/m0/s1. The molecule has 0 unspecified atom stereocenters. The molecule has 2 atom stereocenters. The summed E-state index contributed by atoms with van der Waals surface area (Å²) < 4.78 is 0. The van der Waals surface area contributed by atoms with Gasteiger partial charge in [-0.3, -0.25) is 20.1 Å². The van der Waals surface area contributed by atoms with E-state index in [9.17, 15) is 9.59 Å². The number of aromatic nitrogens is 2. The van der Waals surface area contributed by atoms with Gasteiger partial charge in [0.1, 0.15) is 0 Å². The molecule has 1 aromatic heterocycles. The van der Waals surface area contributed by atoms with E-state index in [0.29, 0.717) is 31.1 Å². The number of nitrogens with two attached hydrogens (primary N) is 3. The molecule has 2 aromatic rings. The fourth-order valence-corrected chi connectivity index (χ4v) is 4.29. The van der Waals surface area contributed by atoms with Crippen LogP contribution in [0.3, 0.4) is 0 Å². The van der Waals surface area contributed by atoms with Crippen LogP contribution in [-0.4, -0.2) is 72.2 Å². The molecule has 0 spiro atoms. The highest BCUT2D eigenvalue weighted by atomic mass is 16.2. The number of aromatic amines is 1.